The second-order valence-electron chi connectivity index (χ2n) is 10.2. The van der Waals surface area contributed by atoms with Crippen molar-refractivity contribution in [1.29, 1.82) is 0 Å². The van der Waals surface area contributed by atoms with Gasteiger partial charge in [-0.25, -0.2) is 9.59 Å². The number of ether oxygens (including phenoxy) is 1. The second kappa shape index (κ2) is 14.1. The maximum Gasteiger partial charge on any atom is 0.337 e. The average Bonchev–Trinajstić information content (AvgIpc) is 3.67. The number of carbonyl (C=O) groups is 2. The Morgan fingerprint density at radius 2 is 1.75 bits per heavy atom. The van der Waals surface area contributed by atoms with Crippen molar-refractivity contribution in [2.45, 2.75) is 51.7 Å². The van der Waals surface area contributed by atoms with Gasteiger partial charge in [0.1, 0.15) is 6.10 Å². The van der Waals surface area contributed by atoms with Crippen LogP contribution in [-0.4, -0.2) is 52.0 Å². The molecule has 216 valence electrons. The van der Waals surface area contributed by atoms with Crippen molar-refractivity contribution >= 4 is 30.0 Å². The summed E-state index contributed by atoms with van der Waals surface area (Å²) < 4.78 is 6.08. The number of halogens is 1. The van der Waals surface area contributed by atoms with E-state index in [9.17, 15) is 24.8 Å². The summed E-state index contributed by atoms with van der Waals surface area (Å²) in [5, 5.41) is 24.5. The zero-order valence-corrected chi connectivity index (χ0v) is 23.6. The summed E-state index contributed by atoms with van der Waals surface area (Å²) in [6, 6.07) is 15.8. The summed E-state index contributed by atoms with van der Waals surface area (Å²) >= 11 is 0. The van der Waals surface area contributed by atoms with Gasteiger partial charge in [-0.05, 0) is 44.4 Å². The zero-order chi connectivity index (χ0) is 27.4. The number of likely N-dealkylation sites (N-methyl/N-ethyl adjacent to an activating group) is 1. The van der Waals surface area contributed by atoms with E-state index in [1.165, 1.54) is 18.2 Å². The predicted octanol–water partition coefficient (Wildman–Crippen LogP) is 4.36. The van der Waals surface area contributed by atoms with E-state index in [4.69, 9.17) is 4.74 Å². The number of allylic oxidation sites excluding steroid dienone is 2. The number of dihydropyridines is 1. The van der Waals surface area contributed by atoms with Crippen LogP contribution in [0.1, 0.15) is 50.2 Å². The zero-order valence-electron chi connectivity index (χ0n) is 22.8. The van der Waals surface area contributed by atoms with Crippen LogP contribution in [0.25, 0.3) is 0 Å². The number of nitro benzene ring substituents is 1. The van der Waals surface area contributed by atoms with Crippen molar-refractivity contribution in [3.8, 4) is 0 Å². The van der Waals surface area contributed by atoms with Crippen LogP contribution in [0.3, 0.4) is 0 Å². The Balaban J connectivity index is 0.00000280. The van der Waals surface area contributed by atoms with Gasteiger partial charge in [0.05, 0.1) is 22.0 Å². The number of esters is 1. The van der Waals surface area contributed by atoms with Crippen LogP contribution >= 0.6 is 12.4 Å². The molecule has 2 aromatic rings. The smallest absolute Gasteiger partial charge is 0.337 e. The summed E-state index contributed by atoms with van der Waals surface area (Å²) in [6.45, 7) is 4.54. The number of carboxylic acids is 1. The lowest BCUT2D eigenvalue weighted by molar-refractivity contribution is -0.384. The maximum absolute atomic E-state index is 13.7. The van der Waals surface area contributed by atoms with Gasteiger partial charge in [-0.15, -0.1) is 12.4 Å². The van der Waals surface area contributed by atoms with Gasteiger partial charge in [0.15, 0.2) is 0 Å². The van der Waals surface area contributed by atoms with Crippen LogP contribution in [0.4, 0.5) is 5.69 Å². The maximum atomic E-state index is 13.7. The number of nitro groups is 1. The molecule has 1 fully saturated rings. The summed E-state index contributed by atoms with van der Waals surface area (Å²) in [7, 11) is 1.98. The molecule has 1 saturated carbocycles. The number of nitrogens with zero attached hydrogens (tertiary/aromatic N) is 2. The van der Waals surface area contributed by atoms with Gasteiger partial charge in [0.2, 0.25) is 0 Å². The standard InChI is InChI=1S/C29H33N3O6.ClH.H2O/c1-18-25(28(33)34)27(22-10-7-11-23(15-22)32(36)37)26(19(2)30-18)29(35)38-24(14-20-12-13-20)17-31(3)16-21-8-5-4-6-9-21;;/h4-11,15,20,24,27,30H,12-14,16-17H2,1-3H3,(H,33,34);1H;1H2. The normalized spacial score (nSPS) is 17.4. The Morgan fingerprint density at radius 1 is 1.10 bits per heavy atom. The fourth-order valence-corrected chi connectivity index (χ4v) is 5.11. The van der Waals surface area contributed by atoms with E-state index in [0.29, 0.717) is 36.0 Å². The molecule has 0 amide bonds. The molecule has 11 heteroatoms. The van der Waals surface area contributed by atoms with Crippen molar-refractivity contribution < 1.29 is 29.8 Å². The lowest BCUT2D eigenvalue weighted by Crippen LogP contribution is -2.36. The van der Waals surface area contributed by atoms with E-state index in [1.807, 2.05) is 37.4 Å². The number of rotatable bonds is 11. The van der Waals surface area contributed by atoms with E-state index < -0.39 is 22.8 Å². The number of hydrogen-bond acceptors (Lipinski definition) is 7. The Kier molecular flexibility index (Phi) is 11.4. The molecular formula is C29H36ClN3O7. The topological polar surface area (TPSA) is 154 Å². The minimum absolute atomic E-state index is 0. The first-order chi connectivity index (χ1) is 18.1. The van der Waals surface area contributed by atoms with Gasteiger partial charge in [-0.1, -0.05) is 55.3 Å². The Bertz CT molecular complexity index is 1290. The van der Waals surface area contributed by atoms with Crippen molar-refractivity contribution in [3.63, 3.8) is 0 Å². The number of carboxylic acid groups (broad SMARTS) is 1. The minimum atomic E-state index is -1.21. The third kappa shape index (κ3) is 7.91. The summed E-state index contributed by atoms with van der Waals surface area (Å²) in [5.41, 5.74) is 2.28. The molecule has 0 radical (unpaired) electrons. The first-order valence-corrected chi connectivity index (χ1v) is 12.7. The first kappa shape index (κ1) is 32.5. The average molecular weight is 574 g/mol. The second-order valence-corrected chi connectivity index (χ2v) is 10.2. The van der Waals surface area contributed by atoms with Crippen molar-refractivity contribution in [3.05, 3.63) is 98.4 Å². The molecular weight excluding hydrogens is 538 g/mol. The molecule has 10 nitrogen and oxygen atoms in total. The van der Waals surface area contributed by atoms with Crippen molar-refractivity contribution in [1.82, 2.24) is 10.2 Å². The third-order valence-electron chi connectivity index (χ3n) is 7.00. The molecule has 4 rings (SSSR count). The number of hydrogen-bond donors (Lipinski definition) is 2. The van der Waals surface area contributed by atoms with Gasteiger partial charge in [0, 0.05) is 36.6 Å². The van der Waals surface area contributed by atoms with Gasteiger partial charge >= 0.3 is 11.9 Å². The molecule has 0 saturated heterocycles. The molecule has 1 aliphatic carbocycles. The molecule has 0 bridgehead atoms. The molecule has 2 aromatic carbocycles. The van der Waals surface area contributed by atoms with E-state index in [2.05, 4.69) is 10.2 Å². The highest BCUT2D eigenvalue weighted by Gasteiger charge is 2.39. The lowest BCUT2D eigenvalue weighted by atomic mass is 9.80. The van der Waals surface area contributed by atoms with Gasteiger partial charge in [0.25, 0.3) is 5.69 Å². The highest BCUT2D eigenvalue weighted by atomic mass is 35.5. The highest BCUT2D eigenvalue weighted by Crippen LogP contribution is 2.40. The van der Waals surface area contributed by atoms with Gasteiger partial charge in [-0.2, -0.15) is 0 Å². The lowest BCUT2D eigenvalue weighted by Gasteiger charge is -2.31. The molecule has 2 atom stereocenters. The summed E-state index contributed by atoms with van der Waals surface area (Å²) in [5.74, 6) is -2.33. The first-order valence-electron chi connectivity index (χ1n) is 12.7. The van der Waals surface area contributed by atoms with Gasteiger partial charge in [-0.3, -0.25) is 15.0 Å². The number of carbonyl (C=O) groups excluding carboxylic acids is 1. The quantitative estimate of drug-likeness (QED) is 0.228. The SMILES string of the molecule is CC1=C(C(=O)O)C(c2cccc([N+](=O)[O-])c2)C(C(=O)OC(CC2CC2)CN(C)Cc2ccccc2)=C(C)N1.Cl.O. The largest absolute Gasteiger partial charge is 0.478 e. The molecule has 2 aliphatic rings. The van der Waals surface area contributed by atoms with E-state index in [0.717, 1.165) is 24.8 Å². The molecule has 40 heavy (non-hydrogen) atoms. The molecule has 1 aliphatic heterocycles. The van der Waals surface area contributed by atoms with Crippen LogP contribution in [0, 0.1) is 16.0 Å². The summed E-state index contributed by atoms with van der Waals surface area (Å²) in [6.07, 6.45) is 2.55. The van der Waals surface area contributed by atoms with Crippen LogP contribution in [-0.2, 0) is 20.9 Å². The third-order valence-corrected chi connectivity index (χ3v) is 7.00. The fraction of sp³-hybridized carbons (Fsp3) is 0.379. The predicted molar refractivity (Wildman–Crippen MR) is 153 cm³/mol. The van der Waals surface area contributed by atoms with E-state index in [-0.39, 0.29) is 40.8 Å². The fourth-order valence-electron chi connectivity index (χ4n) is 5.11. The van der Waals surface area contributed by atoms with Crippen LogP contribution in [0.5, 0.6) is 0 Å². The number of nitrogens with one attached hydrogen (secondary N) is 1. The Morgan fingerprint density at radius 3 is 2.35 bits per heavy atom. The van der Waals surface area contributed by atoms with Crippen molar-refractivity contribution in [2.75, 3.05) is 13.6 Å². The Labute approximate surface area is 239 Å². The van der Waals surface area contributed by atoms with Crippen LogP contribution in [0.15, 0.2) is 77.1 Å². The van der Waals surface area contributed by atoms with E-state index in [1.54, 1.807) is 19.9 Å². The number of benzene rings is 2. The number of non-ortho nitro benzene ring substituents is 1. The van der Waals surface area contributed by atoms with Crippen LogP contribution < -0.4 is 5.32 Å². The molecule has 1 heterocycles. The minimum Gasteiger partial charge on any atom is -0.478 e. The van der Waals surface area contributed by atoms with Crippen LogP contribution in [0.2, 0.25) is 0 Å². The molecule has 2 unspecified atom stereocenters. The highest BCUT2D eigenvalue weighted by molar-refractivity contribution is 5.99. The summed E-state index contributed by atoms with van der Waals surface area (Å²) in [4.78, 5) is 39.1. The van der Waals surface area contributed by atoms with Crippen molar-refractivity contribution in [2.24, 2.45) is 5.92 Å². The molecule has 4 N–H and O–H groups in total. The molecule has 0 aromatic heterocycles. The number of aliphatic carboxylic acids is 1. The molecule has 0 spiro atoms. The Hall–Kier alpha value is -3.73. The monoisotopic (exact) mass is 573 g/mol. The van der Waals surface area contributed by atoms with Gasteiger partial charge < -0.3 is 20.6 Å². The van der Waals surface area contributed by atoms with E-state index >= 15 is 0 Å².